The van der Waals surface area contributed by atoms with Gasteiger partial charge in [-0.25, -0.2) is 12.8 Å². The SMILES string of the molecule is CS(=O)(=O)c1cc(NCCc2c(F)cccc2Cl)ccc1[N+](=O)[O-]. The molecule has 1 N–H and O–H groups in total. The van der Waals surface area contributed by atoms with E-state index < -0.39 is 26.3 Å². The van der Waals surface area contributed by atoms with Crippen molar-refractivity contribution in [2.45, 2.75) is 11.3 Å². The molecule has 128 valence electrons. The number of nitrogens with one attached hydrogen (secondary N) is 1. The van der Waals surface area contributed by atoms with Crippen LogP contribution in [0, 0.1) is 15.9 Å². The van der Waals surface area contributed by atoms with Gasteiger partial charge in [0.15, 0.2) is 9.84 Å². The van der Waals surface area contributed by atoms with E-state index in [1.807, 2.05) is 0 Å². The number of nitrogens with zero attached hydrogens (tertiary/aromatic N) is 1. The molecule has 0 heterocycles. The van der Waals surface area contributed by atoms with E-state index in [1.54, 1.807) is 6.07 Å². The number of nitro groups is 1. The summed E-state index contributed by atoms with van der Waals surface area (Å²) in [5.41, 5.74) is 0.241. The molecule has 2 aromatic rings. The van der Waals surface area contributed by atoms with Crippen molar-refractivity contribution in [2.75, 3.05) is 18.1 Å². The van der Waals surface area contributed by atoms with Gasteiger partial charge >= 0.3 is 0 Å². The molecule has 0 saturated heterocycles. The van der Waals surface area contributed by atoms with Crippen molar-refractivity contribution in [3.63, 3.8) is 0 Å². The number of hydrogen-bond donors (Lipinski definition) is 1. The van der Waals surface area contributed by atoms with E-state index in [1.165, 1.54) is 24.3 Å². The molecule has 2 rings (SSSR count). The summed E-state index contributed by atoms with van der Waals surface area (Å²) in [6.07, 6.45) is 1.18. The first-order valence-electron chi connectivity index (χ1n) is 6.85. The maximum Gasteiger partial charge on any atom is 0.288 e. The summed E-state index contributed by atoms with van der Waals surface area (Å²) in [7, 11) is -3.75. The third-order valence-corrected chi connectivity index (χ3v) is 4.80. The minimum Gasteiger partial charge on any atom is -0.385 e. The van der Waals surface area contributed by atoms with Crippen LogP contribution in [-0.4, -0.2) is 26.1 Å². The number of halogens is 2. The van der Waals surface area contributed by atoms with Crippen LogP contribution in [0.1, 0.15) is 5.56 Å². The zero-order valence-corrected chi connectivity index (χ0v) is 14.2. The molecule has 0 aromatic heterocycles. The molecule has 0 aliphatic carbocycles. The molecule has 0 amide bonds. The van der Waals surface area contributed by atoms with Crippen molar-refractivity contribution >= 4 is 32.8 Å². The smallest absolute Gasteiger partial charge is 0.288 e. The largest absolute Gasteiger partial charge is 0.385 e. The van der Waals surface area contributed by atoms with Crippen LogP contribution in [0.3, 0.4) is 0 Å². The highest BCUT2D eigenvalue weighted by atomic mass is 35.5. The van der Waals surface area contributed by atoms with Gasteiger partial charge in [0, 0.05) is 35.1 Å². The molecule has 2 aromatic carbocycles. The van der Waals surface area contributed by atoms with Crippen LogP contribution in [0.5, 0.6) is 0 Å². The maximum absolute atomic E-state index is 13.7. The van der Waals surface area contributed by atoms with Gasteiger partial charge in [-0.05, 0) is 30.7 Å². The second-order valence-electron chi connectivity index (χ2n) is 5.09. The topological polar surface area (TPSA) is 89.3 Å². The third-order valence-electron chi connectivity index (χ3n) is 3.32. The average molecular weight is 373 g/mol. The van der Waals surface area contributed by atoms with Gasteiger partial charge in [0.05, 0.1) is 4.92 Å². The fraction of sp³-hybridized carbons (Fsp3) is 0.200. The summed E-state index contributed by atoms with van der Waals surface area (Å²) in [5, 5.41) is 14.1. The second kappa shape index (κ2) is 7.14. The van der Waals surface area contributed by atoms with Gasteiger partial charge in [-0.1, -0.05) is 17.7 Å². The quantitative estimate of drug-likeness (QED) is 0.619. The lowest BCUT2D eigenvalue weighted by molar-refractivity contribution is -0.387. The van der Waals surface area contributed by atoms with E-state index in [-0.39, 0.29) is 17.9 Å². The zero-order valence-electron chi connectivity index (χ0n) is 12.6. The van der Waals surface area contributed by atoms with Crippen LogP contribution in [-0.2, 0) is 16.3 Å². The normalized spacial score (nSPS) is 11.3. The van der Waals surface area contributed by atoms with Crippen LogP contribution in [0.25, 0.3) is 0 Å². The number of benzene rings is 2. The van der Waals surface area contributed by atoms with Crippen LogP contribution >= 0.6 is 11.6 Å². The summed E-state index contributed by atoms with van der Waals surface area (Å²) < 4.78 is 37.1. The van der Waals surface area contributed by atoms with Crippen molar-refractivity contribution in [1.82, 2.24) is 0 Å². The molecule has 0 saturated carbocycles. The third kappa shape index (κ3) is 4.21. The van der Waals surface area contributed by atoms with E-state index in [2.05, 4.69) is 5.32 Å². The highest BCUT2D eigenvalue weighted by Crippen LogP contribution is 2.27. The summed E-state index contributed by atoms with van der Waals surface area (Å²) in [5.74, 6) is -0.426. The Labute approximate surface area is 143 Å². The summed E-state index contributed by atoms with van der Waals surface area (Å²) in [4.78, 5) is 9.79. The lowest BCUT2D eigenvalue weighted by atomic mass is 10.1. The van der Waals surface area contributed by atoms with Crippen molar-refractivity contribution in [3.05, 3.63) is 62.9 Å². The van der Waals surface area contributed by atoms with Crippen LogP contribution < -0.4 is 5.32 Å². The predicted molar refractivity (Wildman–Crippen MR) is 89.8 cm³/mol. The molecule has 0 fully saturated rings. The molecule has 0 atom stereocenters. The van der Waals surface area contributed by atoms with Crippen LogP contribution in [0.15, 0.2) is 41.3 Å². The highest BCUT2D eigenvalue weighted by molar-refractivity contribution is 7.90. The minimum atomic E-state index is -3.75. The molecule has 0 aliphatic heterocycles. The summed E-state index contributed by atoms with van der Waals surface area (Å²) in [6.45, 7) is 0.279. The molecule has 0 aliphatic rings. The molecule has 24 heavy (non-hydrogen) atoms. The average Bonchev–Trinajstić information content (AvgIpc) is 2.49. The van der Waals surface area contributed by atoms with Gasteiger partial charge in [-0.2, -0.15) is 0 Å². The van der Waals surface area contributed by atoms with E-state index >= 15 is 0 Å². The molecule has 6 nitrogen and oxygen atoms in total. The van der Waals surface area contributed by atoms with Gasteiger partial charge in [0.2, 0.25) is 0 Å². The summed E-state index contributed by atoms with van der Waals surface area (Å²) >= 11 is 5.93. The van der Waals surface area contributed by atoms with Crippen LogP contribution in [0.4, 0.5) is 15.8 Å². The number of hydrogen-bond acceptors (Lipinski definition) is 5. The maximum atomic E-state index is 13.7. The van der Waals surface area contributed by atoms with E-state index in [9.17, 15) is 22.9 Å². The molecule has 0 unspecified atom stereocenters. The van der Waals surface area contributed by atoms with E-state index in [4.69, 9.17) is 11.6 Å². The monoisotopic (exact) mass is 372 g/mol. The number of anilines is 1. The first-order chi connectivity index (χ1) is 11.2. The predicted octanol–water partition coefficient (Wildman–Crippen LogP) is 3.45. The molecular weight excluding hydrogens is 359 g/mol. The van der Waals surface area contributed by atoms with E-state index in [0.29, 0.717) is 16.3 Å². The van der Waals surface area contributed by atoms with E-state index in [0.717, 1.165) is 12.3 Å². The Kier molecular flexibility index (Phi) is 5.40. The van der Waals surface area contributed by atoms with Gasteiger partial charge in [-0.3, -0.25) is 10.1 Å². The first kappa shape index (κ1) is 18.2. The first-order valence-corrected chi connectivity index (χ1v) is 9.12. The Morgan fingerprint density at radius 2 is 2.00 bits per heavy atom. The lowest BCUT2D eigenvalue weighted by Crippen LogP contribution is -2.08. The van der Waals surface area contributed by atoms with Crippen LogP contribution in [0.2, 0.25) is 5.02 Å². The summed E-state index contributed by atoms with van der Waals surface area (Å²) in [6, 6.07) is 8.09. The Morgan fingerprint density at radius 3 is 2.58 bits per heavy atom. The van der Waals surface area contributed by atoms with Gasteiger partial charge in [0.25, 0.3) is 5.69 Å². The number of sulfone groups is 1. The van der Waals surface area contributed by atoms with Crippen molar-refractivity contribution < 1.29 is 17.7 Å². The fourth-order valence-corrected chi connectivity index (χ4v) is 3.30. The molecule has 9 heteroatoms. The minimum absolute atomic E-state index is 0.275. The standard InChI is InChI=1S/C15H14ClFN2O4S/c1-24(22,23)15-9-10(5-6-14(15)19(20)21)18-8-7-11-12(16)3-2-4-13(11)17/h2-6,9,18H,7-8H2,1H3. The lowest BCUT2D eigenvalue weighted by Gasteiger charge is -2.10. The Balaban J connectivity index is 2.18. The Morgan fingerprint density at radius 1 is 1.29 bits per heavy atom. The molecule has 0 spiro atoms. The second-order valence-corrected chi connectivity index (χ2v) is 7.48. The molecule has 0 radical (unpaired) electrons. The molecule has 0 bridgehead atoms. The van der Waals surface area contributed by atoms with Gasteiger partial charge in [0.1, 0.15) is 10.7 Å². The van der Waals surface area contributed by atoms with Gasteiger partial charge in [-0.15, -0.1) is 0 Å². The Hall–Kier alpha value is -2.19. The zero-order chi connectivity index (χ0) is 17.9. The number of nitro benzene ring substituents is 1. The fourth-order valence-electron chi connectivity index (χ4n) is 2.17. The van der Waals surface area contributed by atoms with Crippen molar-refractivity contribution in [1.29, 1.82) is 0 Å². The highest BCUT2D eigenvalue weighted by Gasteiger charge is 2.22. The Bertz CT molecular complexity index is 867. The van der Waals surface area contributed by atoms with Crippen molar-refractivity contribution in [3.8, 4) is 0 Å². The number of rotatable bonds is 6. The van der Waals surface area contributed by atoms with Gasteiger partial charge < -0.3 is 5.32 Å². The van der Waals surface area contributed by atoms with Crippen molar-refractivity contribution in [2.24, 2.45) is 0 Å². The molecular formula is C15H14ClFN2O4S.